The number of carbonyl (C=O) groups excluding carboxylic acids is 1. The van der Waals surface area contributed by atoms with E-state index in [0.29, 0.717) is 11.7 Å². The van der Waals surface area contributed by atoms with Crippen molar-refractivity contribution >= 4 is 17.7 Å². The van der Waals surface area contributed by atoms with E-state index < -0.39 is 5.97 Å². The van der Waals surface area contributed by atoms with Gasteiger partial charge in [-0.15, -0.1) is 0 Å². The minimum absolute atomic E-state index is 0.0328. The SMILES string of the molecule is COc1ccc(C(=O)O)c(NC(=O)NC2CCCC2C)c1. The molecular formula is C15H20N2O4. The number of urea groups is 1. The Labute approximate surface area is 123 Å². The summed E-state index contributed by atoms with van der Waals surface area (Å²) in [5.41, 5.74) is 0.260. The van der Waals surface area contributed by atoms with Gasteiger partial charge in [0, 0.05) is 12.1 Å². The van der Waals surface area contributed by atoms with Gasteiger partial charge in [-0.25, -0.2) is 9.59 Å². The van der Waals surface area contributed by atoms with E-state index in [1.165, 1.54) is 19.2 Å². The zero-order valence-electron chi connectivity index (χ0n) is 12.2. The molecule has 2 atom stereocenters. The molecule has 21 heavy (non-hydrogen) atoms. The molecule has 1 saturated carbocycles. The Bertz CT molecular complexity index is 544. The van der Waals surface area contributed by atoms with Crippen LogP contribution in [0.25, 0.3) is 0 Å². The number of amides is 2. The maximum Gasteiger partial charge on any atom is 0.337 e. The number of anilines is 1. The molecule has 6 nitrogen and oxygen atoms in total. The monoisotopic (exact) mass is 292 g/mol. The molecule has 6 heteroatoms. The fraction of sp³-hybridized carbons (Fsp3) is 0.467. The van der Waals surface area contributed by atoms with Gasteiger partial charge in [-0.3, -0.25) is 0 Å². The number of rotatable bonds is 4. The van der Waals surface area contributed by atoms with Crippen LogP contribution in [-0.4, -0.2) is 30.3 Å². The third-order valence-corrected chi connectivity index (χ3v) is 3.88. The topological polar surface area (TPSA) is 87.7 Å². The van der Waals surface area contributed by atoms with Gasteiger partial charge in [0.25, 0.3) is 0 Å². The number of carbonyl (C=O) groups is 2. The Hall–Kier alpha value is -2.24. The minimum Gasteiger partial charge on any atom is -0.497 e. The lowest BCUT2D eigenvalue weighted by Gasteiger charge is -2.18. The Kier molecular flexibility index (Phi) is 4.67. The third kappa shape index (κ3) is 3.65. The molecule has 1 fully saturated rings. The highest BCUT2D eigenvalue weighted by Gasteiger charge is 2.25. The van der Waals surface area contributed by atoms with E-state index in [0.717, 1.165) is 19.3 Å². The summed E-state index contributed by atoms with van der Waals surface area (Å²) in [7, 11) is 1.49. The number of carboxylic acid groups (broad SMARTS) is 1. The van der Waals surface area contributed by atoms with Crippen LogP contribution in [0.15, 0.2) is 18.2 Å². The molecule has 0 saturated heterocycles. The summed E-state index contributed by atoms with van der Waals surface area (Å²) in [4.78, 5) is 23.2. The molecule has 1 aromatic carbocycles. The van der Waals surface area contributed by atoms with Crippen LogP contribution in [0.3, 0.4) is 0 Å². The number of aromatic carboxylic acids is 1. The average Bonchev–Trinajstić information content (AvgIpc) is 2.83. The maximum atomic E-state index is 12.0. The molecule has 1 aromatic rings. The molecule has 2 rings (SSSR count). The molecule has 0 bridgehead atoms. The van der Waals surface area contributed by atoms with E-state index in [-0.39, 0.29) is 23.3 Å². The number of benzene rings is 1. The van der Waals surface area contributed by atoms with Crippen LogP contribution in [0, 0.1) is 5.92 Å². The summed E-state index contributed by atoms with van der Waals surface area (Å²) >= 11 is 0. The third-order valence-electron chi connectivity index (χ3n) is 3.88. The van der Waals surface area contributed by atoms with Crippen molar-refractivity contribution in [1.82, 2.24) is 5.32 Å². The van der Waals surface area contributed by atoms with Crippen LogP contribution in [0.2, 0.25) is 0 Å². The van der Waals surface area contributed by atoms with Gasteiger partial charge in [0.05, 0.1) is 18.4 Å². The van der Waals surface area contributed by atoms with Crippen molar-refractivity contribution in [3.63, 3.8) is 0 Å². The van der Waals surface area contributed by atoms with Gasteiger partial charge in [0.1, 0.15) is 5.75 Å². The molecule has 2 unspecified atom stereocenters. The second-order valence-corrected chi connectivity index (χ2v) is 5.33. The van der Waals surface area contributed by atoms with Crippen LogP contribution in [0.5, 0.6) is 5.75 Å². The highest BCUT2D eigenvalue weighted by Crippen LogP contribution is 2.26. The van der Waals surface area contributed by atoms with Crippen LogP contribution >= 0.6 is 0 Å². The standard InChI is InChI=1S/C15H20N2O4/c1-9-4-3-5-12(9)16-15(20)17-13-8-10(21-2)6-7-11(13)14(18)19/h6-9,12H,3-5H2,1-2H3,(H,18,19)(H2,16,17,20). The zero-order chi connectivity index (χ0) is 15.4. The zero-order valence-corrected chi connectivity index (χ0v) is 12.2. The summed E-state index contributed by atoms with van der Waals surface area (Å²) in [5.74, 6) is -0.160. The summed E-state index contributed by atoms with van der Waals surface area (Å²) in [6, 6.07) is 4.22. The molecule has 0 spiro atoms. The quantitative estimate of drug-likeness (QED) is 0.796. The number of nitrogens with one attached hydrogen (secondary N) is 2. The minimum atomic E-state index is -1.10. The van der Waals surface area contributed by atoms with Crippen LogP contribution in [-0.2, 0) is 0 Å². The number of hydrogen-bond donors (Lipinski definition) is 3. The van der Waals surface area contributed by atoms with Crippen LogP contribution in [0.1, 0.15) is 36.5 Å². The van der Waals surface area contributed by atoms with Crippen molar-refractivity contribution in [2.24, 2.45) is 5.92 Å². The molecule has 0 radical (unpaired) electrons. The average molecular weight is 292 g/mol. The fourth-order valence-corrected chi connectivity index (χ4v) is 2.63. The number of ether oxygens (including phenoxy) is 1. The molecule has 3 N–H and O–H groups in total. The second kappa shape index (κ2) is 6.47. The van der Waals surface area contributed by atoms with Crippen molar-refractivity contribution < 1.29 is 19.4 Å². The van der Waals surface area contributed by atoms with E-state index >= 15 is 0 Å². The van der Waals surface area contributed by atoms with Gasteiger partial charge in [-0.05, 0) is 30.9 Å². The van der Waals surface area contributed by atoms with Crippen molar-refractivity contribution in [3.8, 4) is 5.75 Å². The first kappa shape index (κ1) is 15.2. The molecule has 0 heterocycles. The van der Waals surface area contributed by atoms with E-state index in [9.17, 15) is 9.59 Å². The predicted molar refractivity (Wildman–Crippen MR) is 78.9 cm³/mol. The first-order chi connectivity index (χ1) is 10.0. The van der Waals surface area contributed by atoms with Gasteiger partial charge in [-0.2, -0.15) is 0 Å². The van der Waals surface area contributed by atoms with Crippen molar-refractivity contribution in [3.05, 3.63) is 23.8 Å². The largest absolute Gasteiger partial charge is 0.497 e. The lowest BCUT2D eigenvalue weighted by atomic mass is 10.1. The van der Waals surface area contributed by atoms with E-state index in [4.69, 9.17) is 9.84 Å². The predicted octanol–water partition coefficient (Wildman–Crippen LogP) is 2.70. The second-order valence-electron chi connectivity index (χ2n) is 5.33. The lowest BCUT2D eigenvalue weighted by Crippen LogP contribution is -2.39. The lowest BCUT2D eigenvalue weighted by molar-refractivity contribution is 0.0698. The number of hydrogen-bond acceptors (Lipinski definition) is 3. The summed E-state index contributed by atoms with van der Waals surface area (Å²) in [6.45, 7) is 2.10. The number of carboxylic acids is 1. The van der Waals surface area contributed by atoms with Crippen LogP contribution in [0.4, 0.5) is 10.5 Å². The molecular weight excluding hydrogens is 272 g/mol. The van der Waals surface area contributed by atoms with E-state index in [2.05, 4.69) is 17.6 Å². The van der Waals surface area contributed by atoms with Gasteiger partial charge in [-0.1, -0.05) is 13.3 Å². The maximum absolute atomic E-state index is 12.0. The molecule has 2 amide bonds. The summed E-state index contributed by atoms with van der Waals surface area (Å²) in [5, 5.41) is 14.7. The Balaban J connectivity index is 2.10. The van der Waals surface area contributed by atoms with Crippen molar-refractivity contribution in [2.45, 2.75) is 32.2 Å². The smallest absolute Gasteiger partial charge is 0.337 e. The van der Waals surface area contributed by atoms with Gasteiger partial charge in [0.15, 0.2) is 0 Å². The summed E-state index contributed by atoms with van der Waals surface area (Å²) < 4.78 is 5.06. The first-order valence-electron chi connectivity index (χ1n) is 7.00. The van der Waals surface area contributed by atoms with Gasteiger partial charge < -0.3 is 20.5 Å². The van der Waals surface area contributed by atoms with E-state index in [1.807, 2.05) is 0 Å². The highest BCUT2D eigenvalue weighted by atomic mass is 16.5. The van der Waals surface area contributed by atoms with Crippen LogP contribution < -0.4 is 15.4 Å². The molecule has 0 aromatic heterocycles. The molecule has 1 aliphatic rings. The molecule has 114 valence electrons. The van der Waals surface area contributed by atoms with Gasteiger partial charge >= 0.3 is 12.0 Å². The van der Waals surface area contributed by atoms with Crippen molar-refractivity contribution in [2.75, 3.05) is 12.4 Å². The highest BCUT2D eigenvalue weighted by molar-refractivity contribution is 6.00. The normalized spacial score (nSPS) is 20.9. The fourth-order valence-electron chi connectivity index (χ4n) is 2.63. The van der Waals surface area contributed by atoms with Crippen molar-refractivity contribution in [1.29, 1.82) is 0 Å². The Morgan fingerprint density at radius 3 is 2.67 bits per heavy atom. The van der Waals surface area contributed by atoms with E-state index in [1.54, 1.807) is 6.07 Å². The molecule has 0 aliphatic heterocycles. The number of methoxy groups -OCH3 is 1. The Morgan fingerprint density at radius 1 is 1.33 bits per heavy atom. The Morgan fingerprint density at radius 2 is 2.10 bits per heavy atom. The molecule has 1 aliphatic carbocycles. The first-order valence-corrected chi connectivity index (χ1v) is 7.00. The van der Waals surface area contributed by atoms with Gasteiger partial charge in [0.2, 0.25) is 0 Å². The summed E-state index contributed by atoms with van der Waals surface area (Å²) in [6.07, 6.45) is 3.16.